The topological polar surface area (TPSA) is 61.8 Å². The number of hydrogen-bond donors (Lipinski definition) is 2. The number of rotatable bonds is 6. The molecule has 0 aliphatic carbocycles. The lowest BCUT2D eigenvalue weighted by molar-refractivity contribution is 0.0392. The highest BCUT2D eigenvalue weighted by Crippen LogP contribution is 2.27. The lowest BCUT2D eigenvalue weighted by atomic mass is 9.99. The van der Waals surface area contributed by atoms with Crippen molar-refractivity contribution in [2.24, 2.45) is 0 Å². The molecule has 0 amide bonds. The average Bonchev–Trinajstić information content (AvgIpc) is 2.77. The van der Waals surface area contributed by atoms with Gasteiger partial charge in [-0.1, -0.05) is 42.5 Å². The van der Waals surface area contributed by atoms with Gasteiger partial charge in [-0.05, 0) is 35.4 Å². The molecule has 3 aromatic rings. The monoisotopic (exact) mass is 426 g/mol. The van der Waals surface area contributed by atoms with Gasteiger partial charge in [-0.15, -0.1) is 0 Å². The summed E-state index contributed by atoms with van der Waals surface area (Å²) in [7, 11) is 0. The molecule has 4 rings (SSSR count). The van der Waals surface area contributed by atoms with Crippen LogP contribution in [0, 0.1) is 11.6 Å². The van der Waals surface area contributed by atoms with Gasteiger partial charge in [0.1, 0.15) is 11.4 Å². The number of halogens is 2. The number of benzene rings is 3. The van der Waals surface area contributed by atoms with Crippen molar-refractivity contribution in [3.8, 4) is 0 Å². The van der Waals surface area contributed by atoms with Gasteiger partial charge in [-0.3, -0.25) is 0 Å². The van der Waals surface area contributed by atoms with Crippen molar-refractivity contribution >= 4 is 22.4 Å². The van der Waals surface area contributed by atoms with E-state index >= 15 is 0 Å². The summed E-state index contributed by atoms with van der Waals surface area (Å²) in [5.41, 5.74) is 0.332. The predicted octanol–water partition coefficient (Wildman–Crippen LogP) is 4.37. The number of ether oxygens (including phenoxy) is 1. The van der Waals surface area contributed by atoms with Crippen LogP contribution in [0.25, 0.3) is 10.8 Å². The highest BCUT2D eigenvalue weighted by molar-refractivity contribution is 5.89. The van der Waals surface area contributed by atoms with E-state index < -0.39 is 23.2 Å². The highest BCUT2D eigenvalue weighted by Gasteiger charge is 2.27. The Balaban J connectivity index is 1.45. The van der Waals surface area contributed by atoms with Crippen LogP contribution < -0.4 is 10.2 Å². The van der Waals surface area contributed by atoms with Crippen molar-refractivity contribution in [2.45, 2.75) is 19.1 Å². The minimum Gasteiger partial charge on any atom is -0.477 e. The predicted molar refractivity (Wildman–Crippen MR) is 116 cm³/mol. The third kappa shape index (κ3) is 4.38. The number of fused-ring (bicyclic) bond motifs is 1. The summed E-state index contributed by atoms with van der Waals surface area (Å²) in [6, 6.07) is 16.8. The molecule has 1 unspecified atom stereocenters. The van der Waals surface area contributed by atoms with Crippen LogP contribution in [-0.4, -0.2) is 43.4 Å². The minimum absolute atomic E-state index is 0.0752. The molecule has 1 aliphatic rings. The van der Waals surface area contributed by atoms with Crippen LogP contribution in [0.15, 0.2) is 54.6 Å². The fraction of sp³-hybridized carbons (Fsp3) is 0.292. The average molecular weight is 426 g/mol. The van der Waals surface area contributed by atoms with E-state index in [1.807, 2.05) is 18.2 Å². The fourth-order valence-corrected chi connectivity index (χ4v) is 4.09. The van der Waals surface area contributed by atoms with Crippen LogP contribution >= 0.6 is 0 Å². The fourth-order valence-electron chi connectivity index (χ4n) is 4.09. The molecule has 1 aliphatic heterocycles. The summed E-state index contributed by atoms with van der Waals surface area (Å²) in [6.45, 7) is 3.76. The van der Waals surface area contributed by atoms with Gasteiger partial charge in [-0.2, -0.15) is 0 Å². The quantitative estimate of drug-likeness (QED) is 0.613. The van der Waals surface area contributed by atoms with Gasteiger partial charge in [0.15, 0.2) is 5.82 Å². The zero-order chi connectivity index (χ0) is 22.0. The van der Waals surface area contributed by atoms with E-state index in [9.17, 15) is 13.6 Å². The first kappa shape index (κ1) is 21.2. The first-order valence-electron chi connectivity index (χ1n) is 10.2. The molecule has 0 bridgehead atoms. The zero-order valence-electron chi connectivity index (χ0n) is 17.1. The number of nitrogens with one attached hydrogen (secondary N) is 1. The van der Waals surface area contributed by atoms with Gasteiger partial charge in [0.25, 0.3) is 0 Å². The van der Waals surface area contributed by atoms with E-state index in [1.165, 1.54) is 22.4 Å². The molecule has 5 nitrogen and oxygen atoms in total. The first-order chi connectivity index (χ1) is 15.0. The van der Waals surface area contributed by atoms with Crippen molar-refractivity contribution in [2.75, 3.05) is 31.1 Å². The van der Waals surface area contributed by atoms with E-state index in [0.29, 0.717) is 26.2 Å². The normalized spacial score (nSPS) is 17.6. The Hall–Kier alpha value is -3.03. The molecule has 0 spiro atoms. The molecule has 0 aromatic heterocycles. The van der Waals surface area contributed by atoms with Crippen molar-refractivity contribution < 1.29 is 23.4 Å². The Morgan fingerprint density at radius 2 is 1.97 bits per heavy atom. The van der Waals surface area contributed by atoms with Crippen molar-refractivity contribution in [1.29, 1.82) is 0 Å². The maximum Gasteiger partial charge on any atom is 0.341 e. The molecule has 31 heavy (non-hydrogen) atoms. The maximum atomic E-state index is 14.7. The molecular weight excluding hydrogens is 402 g/mol. The Morgan fingerprint density at radius 3 is 2.77 bits per heavy atom. The number of aromatic carboxylic acids is 1. The van der Waals surface area contributed by atoms with Crippen molar-refractivity contribution in [3.05, 3.63) is 77.4 Å². The Morgan fingerprint density at radius 1 is 1.19 bits per heavy atom. The summed E-state index contributed by atoms with van der Waals surface area (Å²) in [6.07, 6.45) is -0.219. The summed E-state index contributed by atoms with van der Waals surface area (Å²) >= 11 is 0. The van der Waals surface area contributed by atoms with Crippen molar-refractivity contribution in [1.82, 2.24) is 5.32 Å². The van der Waals surface area contributed by atoms with E-state index in [0.717, 1.165) is 6.07 Å². The summed E-state index contributed by atoms with van der Waals surface area (Å²) < 4.78 is 34.2. The molecule has 162 valence electrons. The third-order valence-electron chi connectivity index (χ3n) is 5.71. The largest absolute Gasteiger partial charge is 0.477 e. The number of carboxylic acid groups (broad SMARTS) is 1. The third-order valence-corrected chi connectivity index (χ3v) is 5.71. The Kier molecular flexibility index (Phi) is 6.15. The summed E-state index contributed by atoms with van der Waals surface area (Å²) in [5, 5.41) is 15.0. The van der Waals surface area contributed by atoms with E-state index in [1.54, 1.807) is 4.90 Å². The Bertz CT molecular complexity index is 1100. The smallest absolute Gasteiger partial charge is 0.341 e. The molecule has 3 aromatic carbocycles. The molecule has 1 saturated heterocycles. The number of morpholine rings is 1. The molecule has 2 atom stereocenters. The van der Waals surface area contributed by atoms with Crippen LogP contribution in [-0.2, 0) is 4.74 Å². The number of carboxylic acids is 1. The molecule has 0 saturated carbocycles. The molecule has 1 fully saturated rings. The lowest BCUT2D eigenvalue weighted by Gasteiger charge is -2.35. The highest BCUT2D eigenvalue weighted by atomic mass is 19.1. The van der Waals surface area contributed by atoms with Crippen molar-refractivity contribution in [3.63, 3.8) is 0 Å². The standard InChI is InChI=1S/C24H24F2N2O3/c1-15(18-8-4-6-16-5-2-3-7-19(16)18)27-13-17-14-28(11-12-31-17)21-10-9-20(25)22(23(21)26)24(29)30/h2-10,15,17,27H,11-14H2,1H3,(H,29,30)/t15-,17?/m1/s1. The number of carbonyl (C=O) groups is 1. The van der Waals surface area contributed by atoms with Gasteiger partial charge in [0, 0.05) is 25.7 Å². The molecular formula is C24H24F2N2O3. The molecule has 0 radical (unpaired) electrons. The van der Waals surface area contributed by atoms with E-state index in [4.69, 9.17) is 9.84 Å². The van der Waals surface area contributed by atoms with E-state index in [2.05, 4.69) is 36.5 Å². The number of anilines is 1. The van der Waals surface area contributed by atoms with Gasteiger partial charge in [0.05, 0.1) is 18.4 Å². The van der Waals surface area contributed by atoms with Gasteiger partial charge < -0.3 is 20.1 Å². The second-order valence-corrected chi connectivity index (χ2v) is 7.70. The summed E-state index contributed by atoms with van der Waals surface area (Å²) in [5.74, 6) is -3.75. The van der Waals surface area contributed by atoms with Crippen LogP contribution in [0.2, 0.25) is 0 Å². The second kappa shape index (κ2) is 8.99. The lowest BCUT2D eigenvalue weighted by Crippen LogP contribution is -2.47. The first-order valence-corrected chi connectivity index (χ1v) is 10.2. The van der Waals surface area contributed by atoms with Gasteiger partial charge in [-0.25, -0.2) is 13.6 Å². The number of nitrogens with zero attached hydrogens (tertiary/aromatic N) is 1. The van der Waals surface area contributed by atoms with Crippen LogP contribution in [0.5, 0.6) is 0 Å². The van der Waals surface area contributed by atoms with Gasteiger partial charge >= 0.3 is 5.97 Å². The maximum absolute atomic E-state index is 14.7. The number of hydrogen-bond acceptors (Lipinski definition) is 4. The van der Waals surface area contributed by atoms with Crippen LogP contribution in [0.4, 0.5) is 14.5 Å². The van der Waals surface area contributed by atoms with E-state index in [-0.39, 0.29) is 17.8 Å². The SMILES string of the molecule is C[C@@H](NCC1CN(c2ccc(F)c(C(=O)O)c2F)CCO1)c1cccc2ccccc12. The molecule has 1 heterocycles. The Labute approximate surface area is 179 Å². The molecule has 7 heteroatoms. The van der Waals surface area contributed by atoms with Gasteiger partial charge in [0.2, 0.25) is 0 Å². The van der Waals surface area contributed by atoms with Crippen LogP contribution in [0.3, 0.4) is 0 Å². The zero-order valence-corrected chi connectivity index (χ0v) is 17.1. The minimum atomic E-state index is -1.62. The molecule has 2 N–H and O–H groups in total. The van der Waals surface area contributed by atoms with Crippen LogP contribution in [0.1, 0.15) is 28.9 Å². The second-order valence-electron chi connectivity index (χ2n) is 7.70. The summed E-state index contributed by atoms with van der Waals surface area (Å²) in [4.78, 5) is 12.9.